The minimum atomic E-state index is 0.421. The Morgan fingerprint density at radius 1 is 1.29 bits per heavy atom. The van der Waals surface area contributed by atoms with Gasteiger partial charge in [-0.1, -0.05) is 0 Å². The largest absolute Gasteiger partial charge is 0.495 e. The van der Waals surface area contributed by atoms with Crippen molar-refractivity contribution < 1.29 is 4.74 Å². The van der Waals surface area contributed by atoms with Gasteiger partial charge in [-0.25, -0.2) is 14.6 Å². The summed E-state index contributed by atoms with van der Waals surface area (Å²) < 4.78 is 7.01. The molecule has 0 radical (unpaired) electrons. The SMILES string of the molecule is CNc1cc(-c2nn(C)c3ncnc(N)c23)ccc1OC. The zero-order chi connectivity index (χ0) is 15.0. The van der Waals surface area contributed by atoms with E-state index in [4.69, 9.17) is 10.5 Å². The van der Waals surface area contributed by atoms with Crippen LogP contribution in [0.4, 0.5) is 11.5 Å². The molecule has 1 aromatic carbocycles. The van der Waals surface area contributed by atoms with E-state index in [0.29, 0.717) is 11.5 Å². The second-order valence-corrected chi connectivity index (χ2v) is 4.59. The monoisotopic (exact) mass is 284 g/mol. The van der Waals surface area contributed by atoms with Crippen LogP contribution in [0, 0.1) is 0 Å². The number of fused-ring (bicyclic) bond motifs is 1. The number of rotatable bonds is 3. The fourth-order valence-electron chi connectivity index (χ4n) is 2.36. The Labute approximate surface area is 121 Å². The molecule has 3 aromatic rings. The van der Waals surface area contributed by atoms with Crippen LogP contribution in [0.3, 0.4) is 0 Å². The topological polar surface area (TPSA) is 90.9 Å². The first kappa shape index (κ1) is 13.2. The highest BCUT2D eigenvalue weighted by Crippen LogP contribution is 2.34. The molecule has 0 saturated carbocycles. The molecule has 0 saturated heterocycles. The number of benzene rings is 1. The number of anilines is 2. The molecule has 0 aliphatic heterocycles. The van der Waals surface area contributed by atoms with E-state index in [9.17, 15) is 0 Å². The van der Waals surface area contributed by atoms with Gasteiger partial charge < -0.3 is 15.8 Å². The predicted octanol–water partition coefficient (Wildman–Crippen LogP) is 1.66. The third-order valence-corrected chi connectivity index (χ3v) is 3.39. The molecule has 0 aliphatic carbocycles. The Morgan fingerprint density at radius 3 is 2.81 bits per heavy atom. The normalized spacial score (nSPS) is 10.8. The minimum absolute atomic E-state index is 0.421. The van der Waals surface area contributed by atoms with Gasteiger partial charge in [0.15, 0.2) is 5.65 Å². The molecule has 3 rings (SSSR count). The zero-order valence-electron chi connectivity index (χ0n) is 12.1. The van der Waals surface area contributed by atoms with Crippen molar-refractivity contribution in [2.24, 2.45) is 7.05 Å². The summed E-state index contributed by atoms with van der Waals surface area (Å²) in [5.74, 6) is 1.19. The van der Waals surface area contributed by atoms with Gasteiger partial charge in [0, 0.05) is 19.7 Å². The highest BCUT2D eigenvalue weighted by molar-refractivity contribution is 5.98. The Balaban J connectivity index is 2.26. The molecule has 0 unspecified atom stereocenters. The van der Waals surface area contributed by atoms with Crippen molar-refractivity contribution in [1.29, 1.82) is 0 Å². The van der Waals surface area contributed by atoms with Crippen molar-refractivity contribution in [3.8, 4) is 17.0 Å². The maximum absolute atomic E-state index is 5.99. The number of aromatic nitrogens is 4. The lowest BCUT2D eigenvalue weighted by atomic mass is 10.1. The van der Waals surface area contributed by atoms with E-state index in [-0.39, 0.29) is 0 Å². The van der Waals surface area contributed by atoms with Crippen LogP contribution in [0.25, 0.3) is 22.3 Å². The minimum Gasteiger partial charge on any atom is -0.495 e. The quantitative estimate of drug-likeness (QED) is 0.760. The Morgan fingerprint density at radius 2 is 2.10 bits per heavy atom. The first-order valence-corrected chi connectivity index (χ1v) is 6.45. The van der Waals surface area contributed by atoms with Gasteiger partial charge in [-0.2, -0.15) is 5.10 Å². The molecule has 0 atom stereocenters. The van der Waals surface area contributed by atoms with Crippen LogP contribution in [0.5, 0.6) is 5.75 Å². The lowest BCUT2D eigenvalue weighted by Gasteiger charge is -2.09. The lowest BCUT2D eigenvalue weighted by Crippen LogP contribution is -1.95. The molecule has 0 aliphatic rings. The van der Waals surface area contributed by atoms with Crippen molar-refractivity contribution in [2.45, 2.75) is 0 Å². The number of hydrogen-bond donors (Lipinski definition) is 2. The predicted molar refractivity (Wildman–Crippen MR) is 82.3 cm³/mol. The van der Waals surface area contributed by atoms with Crippen LogP contribution in [-0.2, 0) is 7.05 Å². The van der Waals surface area contributed by atoms with E-state index in [1.807, 2.05) is 32.3 Å². The molecular formula is C14H16N6O. The molecular weight excluding hydrogens is 268 g/mol. The first-order valence-electron chi connectivity index (χ1n) is 6.45. The number of nitrogens with zero attached hydrogens (tertiary/aromatic N) is 4. The highest BCUT2D eigenvalue weighted by atomic mass is 16.5. The van der Waals surface area contributed by atoms with E-state index >= 15 is 0 Å². The molecule has 3 N–H and O–H groups in total. The molecule has 0 spiro atoms. The zero-order valence-corrected chi connectivity index (χ0v) is 12.1. The van der Waals surface area contributed by atoms with Gasteiger partial charge >= 0.3 is 0 Å². The molecule has 7 heteroatoms. The van der Waals surface area contributed by atoms with Crippen LogP contribution in [0.2, 0.25) is 0 Å². The fourth-order valence-corrected chi connectivity index (χ4v) is 2.36. The van der Waals surface area contributed by atoms with Gasteiger partial charge in [0.25, 0.3) is 0 Å². The van der Waals surface area contributed by atoms with Gasteiger partial charge in [-0.3, -0.25) is 0 Å². The number of nitrogen functional groups attached to an aromatic ring is 1. The third-order valence-electron chi connectivity index (χ3n) is 3.39. The summed E-state index contributed by atoms with van der Waals surface area (Å²) in [7, 11) is 5.31. The molecule has 2 heterocycles. The summed E-state index contributed by atoms with van der Waals surface area (Å²) in [4.78, 5) is 8.29. The van der Waals surface area contributed by atoms with Crippen molar-refractivity contribution in [3.05, 3.63) is 24.5 Å². The van der Waals surface area contributed by atoms with E-state index in [0.717, 1.165) is 28.1 Å². The standard InChI is InChI=1S/C14H16N6O/c1-16-9-6-8(4-5-10(9)21-3)12-11-13(15)17-7-18-14(11)20(2)19-12/h4-7,16H,1-3H3,(H2,15,17,18). The van der Waals surface area contributed by atoms with Crippen LogP contribution >= 0.6 is 0 Å². The molecule has 108 valence electrons. The lowest BCUT2D eigenvalue weighted by molar-refractivity contribution is 0.416. The molecule has 2 aromatic heterocycles. The van der Waals surface area contributed by atoms with E-state index in [2.05, 4.69) is 20.4 Å². The molecule has 0 bridgehead atoms. The average Bonchev–Trinajstić information content (AvgIpc) is 2.85. The van der Waals surface area contributed by atoms with Crippen LogP contribution in [-0.4, -0.2) is 33.9 Å². The smallest absolute Gasteiger partial charge is 0.163 e. The number of methoxy groups -OCH3 is 1. The van der Waals surface area contributed by atoms with Gasteiger partial charge in [0.2, 0.25) is 0 Å². The molecule has 0 fully saturated rings. The van der Waals surface area contributed by atoms with E-state index in [1.54, 1.807) is 11.8 Å². The summed E-state index contributed by atoms with van der Waals surface area (Å²) in [6.07, 6.45) is 1.44. The third kappa shape index (κ3) is 2.03. The van der Waals surface area contributed by atoms with Crippen molar-refractivity contribution in [1.82, 2.24) is 19.7 Å². The molecule has 21 heavy (non-hydrogen) atoms. The van der Waals surface area contributed by atoms with E-state index < -0.39 is 0 Å². The fraction of sp³-hybridized carbons (Fsp3) is 0.214. The Hall–Kier alpha value is -2.83. The second kappa shape index (κ2) is 4.93. The van der Waals surface area contributed by atoms with Crippen LogP contribution < -0.4 is 15.8 Å². The summed E-state index contributed by atoms with van der Waals surface area (Å²) in [6.45, 7) is 0. The maximum atomic E-state index is 5.99. The van der Waals surface area contributed by atoms with Crippen LogP contribution in [0.15, 0.2) is 24.5 Å². The first-order chi connectivity index (χ1) is 10.2. The average molecular weight is 284 g/mol. The Bertz CT molecular complexity index is 811. The van der Waals surface area contributed by atoms with Gasteiger partial charge in [0.1, 0.15) is 23.6 Å². The molecule has 0 amide bonds. The summed E-state index contributed by atoms with van der Waals surface area (Å²) in [5, 5.41) is 8.38. The number of nitrogens with one attached hydrogen (secondary N) is 1. The number of nitrogens with two attached hydrogens (primary N) is 1. The number of ether oxygens (including phenoxy) is 1. The number of hydrogen-bond acceptors (Lipinski definition) is 6. The summed E-state index contributed by atoms with van der Waals surface area (Å²) >= 11 is 0. The van der Waals surface area contributed by atoms with E-state index in [1.165, 1.54) is 6.33 Å². The molecule has 7 nitrogen and oxygen atoms in total. The van der Waals surface area contributed by atoms with Crippen LogP contribution in [0.1, 0.15) is 0 Å². The number of aryl methyl sites for hydroxylation is 1. The summed E-state index contributed by atoms with van der Waals surface area (Å²) in [6, 6.07) is 5.79. The van der Waals surface area contributed by atoms with Gasteiger partial charge in [-0.05, 0) is 18.2 Å². The van der Waals surface area contributed by atoms with Gasteiger partial charge in [-0.15, -0.1) is 0 Å². The van der Waals surface area contributed by atoms with Gasteiger partial charge in [0.05, 0.1) is 18.2 Å². The summed E-state index contributed by atoms with van der Waals surface area (Å²) in [5.41, 5.74) is 9.25. The maximum Gasteiger partial charge on any atom is 0.163 e. The second-order valence-electron chi connectivity index (χ2n) is 4.59. The van der Waals surface area contributed by atoms with Crippen molar-refractivity contribution in [2.75, 3.05) is 25.2 Å². The highest BCUT2D eigenvalue weighted by Gasteiger charge is 2.16. The Kier molecular flexibility index (Phi) is 3.09. The van der Waals surface area contributed by atoms with Crippen molar-refractivity contribution in [3.63, 3.8) is 0 Å². The van der Waals surface area contributed by atoms with Crippen molar-refractivity contribution >= 4 is 22.5 Å².